The highest BCUT2D eigenvalue weighted by molar-refractivity contribution is 5.78. The summed E-state index contributed by atoms with van der Waals surface area (Å²) in [5, 5.41) is 12.6. The fourth-order valence-corrected chi connectivity index (χ4v) is 1.53. The lowest BCUT2D eigenvalue weighted by Crippen LogP contribution is -2.44. The molecule has 0 heterocycles. The molecule has 1 aliphatic rings. The molecule has 1 saturated carbocycles. The number of amides is 1. The lowest BCUT2D eigenvalue weighted by Gasteiger charge is -2.27. The number of hydrogen-bond donors (Lipinski definition) is 2. The number of rotatable bonds is 6. The van der Waals surface area contributed by atoms with E-state index in [1.807, 2.05) is 11.8 Å². The maximum absolute atomic E-state index is 11.5. The van der Waals surface area contributed by atoms with Crippen LogP contribution in [0, 0.1) is 0 Å². The summed E-state index contributed by atoms with van der Waals surface area (Å²) in [7, 11) is 0. The smallest absolute Gasteiger partial charge is 0.234 e. The van der Waals surface area contributed by atoms with Gasteiger partial charge in [0.05, 0.1) is 12.1 Å². The molecule has 0 atom stereocenters. The molecule has 0 aromatic rings. The minimum absolute atomic E-state index is 0.0728. The molecule has 1 aliphatic carbocycles. The van der Waals surface area contributed by atoms with Gasteiger partial charge in [-0.15, -0.1) is 0 Å². The molecule has 1 fully saturated rings. The maximum atomic E-state index is 11.5. The minimum Gasteiger partial charge on any atom is -0.389 e. The second-order valence-corrected chi connectivity index (χ2v) is 4.96. The number of likely N-dealkylation sites (N-methyl/N-ethyl adjacent to an activating group) is 1. The van der Waals surface area contributed by atoms with E-state index in [1.165, 1.54) is 0 Å². The van der Waals surface area contributed by atoms with Crippen LogP contribution in [0.25, 0.3) is 0 Å². The first-order valence-electron chi connectivity index (χ1n) is 5.65. The van der Waals surface area contributed by atoms with Crippen molar-refractivity contribution in [1.82, 2.24) is 10.2 Å². The summed E-state index contributed by atoms with van der Waals surface area (Å²) in [5.74, 6) is 0.0728. The molecule has 0 radical (unpaired) electrons. The Kier molecular flexibility index (Phi) is 4.11. The standard InChI is InChI=1S/C11H22N2O2/c1-4-13(8-11(2,3)15)7-10(14)12-9-5-6-9/h9,15H,4-8H2,1-3H3,(H,12,14). The molecular formula is C11H22N2O2. The number of nitrogens with zero attached hydrogens (tertiary/aromatic N) is 1. The molecule has 0 spiro atoms. The van der Waals surface area contributed by atoms with Crippen LogP contribution in [0.15, 0.2) is 0 Å². The molecule has 4 nitrogen and oxygen atoms in total. The molecule has 0 bridgehead atoms. The number of carbonyl (C=O) groups is 1. The largest absolute Gasteiger partial charge is 0.389 e. The van der Waals surface area contributed by atoms with E-state index < -0.39 is 5.60 Å². The predicted molar refractivity (Wildman–Crippen MR) is 59.6 cm³/mol. The van der Waals surface area contributed by atoms with Crippen molar-refractivity contribution in [3.8, 4) is 0 Å². The zero-order valence-corrected chi connectivity index (χ0v) is 9.92. The van der Waals surface area contributed by atoms with E-state index in [0.29, 0.717) is 19.1 Å². The van der Waals surface area contributed by atoms with Crippen LogP contribution in [-0.4, -0.2) is 47.2 Å². The topological polar surface area (TPSA) is 52.6 Å². The maximum Gasteiger partial charge on any atom is 0.234 e. The molecule has 4 heteroatoms. The van der Waals surface area contributed by atoms with Crippen LogP contribution in [0.5, 0.6) is 0 Å². The normalized spacial score (nSPS) is 16.9. The molecule has 0 unspecified atom stereocenters. The quantitative estimate of drug-likeness (QED) is 0.671. The van der Waals surface area contributed by atoms with Gasteiger partial charge >= 0.3 is 0 Å². The van der Waals surface area contributed by atoms with Crippen molar-refractivity contribution in [2.45, 2.75) is 45.3 Å². The lowest BCUT2D eigenvalue weighted by atomic mass is 10.1. The van der Waals surface area contributed by atoms with Crippen molar-refractivity contribution in [3.05, 3.63) is 0 Å². The van der Waals surface area contributed by atoms with Crippen LogP contribution in [0.2, 0.25) is 0 Å². The first-order valence-corrected chi connectivity index (χ1v) is 5.65. The van der Waals surface area contributed by atoms with E-state index in [2.05, 4.69) is 5.32 Å². The molecule has 15 heavy (non-hydrogen) atoms. The van der Waals surface area contributed by atoms with Gasteiger partial charge in [0.15, 0.2) is 0 Å². The fraction of sp³-hybridized carbons (Fsp3) is 0.909. The van der Waals surface area contributed by atoms with E-state index in [0.717, 1.165) is 19.4 Å². The second kappa shape index (κ2) is 4.94. The molecule has 0 aliphatic heterocycles. The van der Waals surface area contributed by atoms with Gasteiger partial charge in [-0.05, 0) is 33.2 Å². The monoisotopic (exact) mass is 214 g/mol. The lowest BCUT2D eigenvalue weighted by molar-refractivity contribution is -0.122. The average molecular weight is 214 g/mol. The molecule has 1 amide bonds. The van der Waals surface area contributed by atoms with Crippen molar-refractivity contribution in [1.29, 1.82) is 0 Å². The van der Waals surface area contributed by atoms with E-state index >= 15 is 0 Å². The Morgan fingerprint density at radius 2 is 2.13 bits per heavy atom. The fourth-order valence-electron chi connectivity index (χ4n) is 1.53. The Bertz CT molecular complexity index is 219. The number of carbonyl (C=O) groups excluding carboxylic acids is 1. The van der Waals surface area contributed by atoms with Gasteiger partial charge in [-0.1, -0.05) is 6.92 Å². The third-order valence-corrected chi connectivity index (χ3v) is 2.37. The van der Waals surface area contributed by atoms with Gasteiger partial charge in [0.25, 0.3) is 0 Å². The van der Waals surface area contributed by atoms with Crippen molar-refractivity contribution in [2.24, 2.45) is 0 Å². The molecule has 2 N–H and O–H groups in total. The SMILES string of the molecule is CCN(CC(=O)NC1CC1)CC(C)(C)O. The van der Waals surface area contributed by atoms with Crippen molar-refractivity contribution in [3.63, 3.8) is 0 Å². The van der Waals surface area contributed by atoms with E-state index in [4.69, 9.17) is 0 Å². The summed E-state index contributed by atoms with van der Waals surface area (Å²) in [5.41, 5.74) is -0.740. The van der Waals surface area contributed by atoms with Crippen LogP contribution >= 0.6 is 0 Å². The van der Waals surface area contributed by atoms with Crippen LogP contribution < -0.4 is 5.32 Å². The highest BCUT2D eigenvalue weighted by atomic mass is 16.3. The first kappa shape index (κ1) is 12.5. The van der Waals surface area contributed by atoms with Gasteiger partial charge in [0.1, 0.15) is 0 Å². The van der Waals surface area contributed by atoms with Crippen molar-refractivity contribution in [2.75, 3.05) is 19.6 Å². The second-order valence-electron chi connectivity index (χ2n) is 4.96. The summed E-state index contributed by atoms with van der Waals surface area (Å²) >= 11 is 0. The number of hydrogen-bond acceptors (Lipinski definition) is 3. The van der Waals surface area contributed by atoms with Crippen molar-refractivity contribution < 1.29 is 9.90 Å². The Morgan fingerprint density at radius 1 is 1.53 bits per heavy atom. The zero-order chi connectivity index (χ0) is 11.5. The van der Waals surface area contributed by atoms with Crippen LogP contribution in [-0.2, 0) is 4.79 Å². The highest BCUT2D eigenvalue weighted by Gasteiger charge is 2.25. The van der Waals surface area contributed by atoms with Crippen LogP contribution in [0.4, 0.5) is 0 Å². The number of nitrogens with one attached hydrogen (secondary N) is 1. The molecule has 0 aromatic carbocycles. The Morgan fingerprint density at radius 3 is 2.53 bits per heavy atom. The van der Waals surface area contributed by atoms with Gasteiger partial charge in [-0.25, -0.2) is 0 Å². The van der Waals surface area contributed by atoms with Crippen LogP contribution in [0.1, 0.15) is 33.6 Å². The third-order valence-electron chi connectivity index (χ3n) is 2.37. The predicted octanol–water partition coefficient (Wildman–Crippen LogP) is 0.358. The van der Waals surface area contributed by atoms with Gasteiger partial charge in [-0.2, -0.15) is 0 Å². The highest BCUT2D eigenvalue weighted by Crippen LogP contribution is 2.18. The third kappa shape index (κ3) is 5.74. The van der Waals surface area contributed by atoms with Crippen molar-refractivity contribution >= 4 is 5.91 Å². The van der Waals surface area contributed by atoms with Gasteiger partial charge < -0.3 is 10.4 Å². The Hall–Kier alpha value is -0.610. The van der Waals surface area contributed by atoms with Gasteiger partial charge in [-0.3, -0.25) is 9.69 Å². The molecule has 88 valence electrons. The Labute approximate surface area is 91.6 Å². The summed E-state index contributed by atoms with van der Waals surface area (Å²) in [4.78, 5) is 13.5. The molecule has 0 aromatic heterocycles. The summed E-state index contributed by atoms with van der Waals surface area (Å²) in [6, 6.07) is 0.415. The van der Waals surface area contributed by atoms with E-state index in [-0.39, 0.29) is 5.91 Å². The minimum atomic E-state index is -0.740. The van der Waals surface area contributed by atoms with E-state index in [9.17, 15) is 9.90 Å². The van der Waals surface area contributed by atoms with Crippen LogP contribution in [0.3, 0.4) is 0 Å². The molecular weight excluding hydrogens is 192 g/mol. The first-order chi connectivity index (χ1) is 6.90. The molecule has 1 rings (SSSR count). The Balaban J connectivity index is 2.28. The number of aliphatic hydroxyl groups is 1. The summed E-state index contributed by atoms with van der Waals surface area (Å²) < 4.78 is 0. The zero-order valence-electron chi connectivity index (χ0n) is 9.92. The summed E-state index contributed by atoms with van der Waals surface area (Å²) in [6.45, 7) is 7.21. The van der Waals surface area contributed by atoms with Gasteiger partial charge in [0.2, 0.25) is 5.91 Å². The van der Waals surface area contributed by atoms with E-state index in [1.54, 1.807) is 13.8 Å². The average Bonchev–Trinajstić information content (AvgIpc) is 2.84. The van der Waals surface area contributed by atoms with Gasteiger partial charge in [0, 0.05) is 12.6 Å². The summed E-state index contributed by atoms with van der Waals surface area (Å²) in [6.07, 6.45) is 2.23. The molecule has 0 saturated heterocycles.